The zero-order valence-corrected chi connectivity index (χ0v) is 14.8. The maximum Gasteiger partial charge on any atom is 0.265 e. The van der Waals surface area contributed by atoms with Gasteiger partial charge in [-0.25, -0.2) is 4.98 Å². The number of para-hydroxylation sites is 1. The van der Waals surface area contributed by atoms with Crippen molar-refractivity contribution in [2.24, 2.45) is 0 Å². The van der Waals surface area contributed by atoms with Gasteiger partial charge in [0, 0.05) is 4.88 Å². The molecule has 3 aromatic rings. The van der Waals surface area contributed by atoms with Crippen LogP contribution in [0.5, 0.6) is 0 Å². The lowest BCUT2D eigenvalue weighted by Crippen LogP contribution is -2.17. The maximum absolute atomic E-state index is 12.5. The highest BCUT2D eigenvalue weighted by Crippen LogP contribution is 2.23. The summed E-state index contributed by atoms with van der Waals surface area (Å²) in [4.78, 5) is 30.7. The Morgan fingerprint density at radius 2 is 1.79 bits per heavy atom. The van der Waals surface area contributed by atoms with Crippen LogP contribution in [0.25, 0.3) is 0 Å². The van der Waals surface area contributed by atoms with Gasteiger partial charge in [0.1, 0.15) is 0 Å². The van der Waals surface area contributed by atoms with Gasteiger partial charge >= 0.3 is 0 Å². The predicted octanol–water partition coefficient (Wildman–Crippen LogP) is 4.33. The molecule has 0 unspecified atom stereocenters. The second kappa shape index (κ2) is 6.94. The Hall–Kier alpha value is -2.51. The van der Waals surface area contributed by atoms with Gasteiger partial charge in [-0.15, -0.1) is 22.7 Å². The van der Waals surface area contributed by atoms with Gasteiger partial charge in [-0.1, -0.05) is 18.2 Å². The molecule has 2 amide bonds. The first-order valence-electron chi connectivity index (χ1n) is 7.24. The van der Waals surface area contributed by atoms with Crippen molar-refractivity contribution in [3.8, 4) is 0 Å². The van der Waals surface area contributed by atoms with E-state index in [2.05, 4.69) is 15.6 Å². The molecule has 0 saturated carbocycles. The van der Waals surface area contributed by atoms with Gasteiger partial charge in [0.05, 0.1) is 21.8 Å². The van der Waals surface area contributed by atoms with Gasteiger partial charge in [-0.3, -0.25) is 14.9 Å². The number of nitrogens with zero attached hydrogens (tertiary/aromatic N) is 1. The van der Waals surface area contributed by atoms with Crippen LogP contribution in [0, 0.1) is 13.8 Å². The van der Waals surface area contributed by atoms with E-state index in [9.17, 15) is 9.59 Å². The van der Waals surface area contributed by atoms with Crippen LogP contribution in [0.1, 0.15) is 30.6 Å². The monoisotopic (exact) mass is 357 g/mol. The van der Waals surface area contributed by atoms with Crippen molar-refractivity contribution in [3.05, 3.63) is 62.8 Å². The molecular formula is C17H15N3O2S2. The molecule has 0 atom stereocenters. The quantitative estimate of drug-likeness (QED) is 0.730. The third-order valence-electron chi connectivity index (χ3n) is 3.41. The highest BCUT2D eigenvalue weighted by molar-refractivity contribution is 7.15. The van der Waals surface area contributed by atoms with E-state index in [1.165, 1.54) is 22.7 Å². The average Bonchev–Trinajstić information content (AvgIpc) is 3.18. The molecule has 0 radical (unpaired) electrons. The second-order valence-corrected chi connectivity index (χ2v) is 7.24. The highest BCUT2D eigenvalue weighted by Gasteiger charge is 2.16. The number of nitrogens with one attached hydrogen (secondary N) is 2. The molecule has 2 heterocycles. The molecule has 0 aliphatic rings. The van der Waals surface area contributed by atoms with Crippen molar-refractivity contribution in [2.45, 2.75) is 13.8 Å². The van der Waals surface area contributed by atoms with Gasteiger partial charge in [-0.2, -0.15) is 0 Å². The molecule has 0 aliphatic carbocycles. The Morgan fingerprint density at radius 1 is 1.00 bits per heavy atom. The lowest BCUT2D eigenvalue weighted by molar-refractivity contribution is 0.102. The standard InChI is InChI=1S/C17H15N3O2S2/c1-10-11(2)24-17(18-10)20-15(21)12-6-3-4-7-13(12)19-16(22)14-8-5-9-23-14/h3-9H,1-2H3,(H,19,22)(H,18,20,21). The van der Waals surface area contributed by atoms with E-state index in [1.807, 2.05) is 25.3 Å². The fourth-order valence-electron chi connectivity index (χ4n) is 2.07. The number of thiophene rings is 1. The summed E-state index contributed by atoms with van der Waals surface area (Å²) in [6.07, 6.45) is 0. The fourth-order valence-corrected chi connectivity index (χ4v) is 3.50. The summed E-state index contributed by atoms with van der Waals surface area (Å²) in [6, 6.07) is 10.5. The molecule has 0 bridgehead atoms. The van der Waals surface area contributed by atoms with Crippen LogP contribution in [0.4, 0.5) is 10.8 Å². The summed E-state index contributed by atoms with van der Waals surface area (Å²) in [5.41, 5.74) is 1.76. The number of hydrogen-bond acceptors (Lipinski definition) is 5. The molecule has 122 valence electrons. The molecule has 0 saturated heterocycles. The number of anilines is 2. The molecule has 1 aromatic carbocycles. The van der Waals surface area contributed by atoms with Crippen molar-refractivity contribution >= 4 is 45.3 Å². The van der Waals surface area contributed by atoms with Crippen LogP contribution in [0.3, 0.4) is 0 Å². The first-order chi connectivity index (χ1) is 11.5. The van der Waals surface area contributed by atoms with E-state index in [4.69, 9.17) is 0 Å². The van der Waals surface area contributed by atoms with E-state index in [0.717, 1.165) is 10.6 Å². The SMILES string of the molecule is Cc1nc(NC(=O)c2ccccc2NC(=O)c2cccs2)sc1C. The second-order valence-electron chi connectivity index (χ2n) is 5.09. The van der Waals surface area contributed by atoms with Gasteiger partial charge in [0.15, 0.2) is 5.13 Å². The fraction of sp³-hybridized carbons (Fsp3) is 0.118. The largest absolute Gasteiger partial charge is 0.321 e. The molecule has 3 rings (SSSR count). The molecule has 7 heteroatoms. The van der Waals surface area contributed by atoms with Crippen LogP contribution in [0.2, 0.25) is 0 Å². The Balaban J connectivity index is 1.80. The number of carbonyl (C=O) groups is 2. The number of thiazole rings is 1. The Kier molecular flexibility index (Phi) is 4.73. The summed E-state index contributed by atoms with van der Waals surface area (Å²) in [7, 11) is 0. The van der Waals surface area contributed by atoms with E-state index >= 15 is 0 Å². The molecule has 5 nitrogen and oxygen atoms in total. The topological polar surface area (TPSA) is 71.1 Å². The van der Waals surface area contributed by atoms with Crippen molar-refractivity contribution < 1.29 is 9.59 Å². The van der Waals surface area contributed by atoms with E-state index in [1.54, 1.807) is 30.3 Å². The van der Waals surface area contributed by atoms with Gasteiger partial charge in [0.2, 0.25) is 0 Å². The normalized spacial score (nSPS) is 10.4. The van der Waals surface area contributed by atoms with Gasteiger partial charge in [0.25, 0.3) is 11.8 Å². The third kappa shape index (κ3) is 3.52. The minimum Gasteiger partial charge on any atom is -0.321 e. The lowest BCUT2D eigenvalue weighted by Gasteiger charge is -2.09. The van der Waals surface area contributed by atoms with E-state index < -0.39 is 0 Å². The predicted molar refractivity (Wildman–Crippen MR) is 98.3 cm³/mol. The number of amides is 2. The molecule has 0 fully saturated rings. The Bertz CT molecular complexity index is 866. The highest BCUT2D eigenvalue weighted by atomic mass is 32.1. The first kappa shape index (κ1) is 16.4. The lowest BCUT2D eigenvalue weighted by atomic mass is 10.1. The zero-order valence-electron chi connectivity index (χ0n) is 13.1. The Morgan fingerprint density at radius 3 is 2.46 bits per heavy atom. The number of benzene rings is 1. The first-order valence-corrected chi connectivity index (χ1v) is 8.93. The molecular weight excluding hydrogens is 342 g/mol. The number of rotatable bonds is 4. The van der Waals surface area contributed by atoms with Crippen LogP contribution in [0.15, 0.2) is 41.8 Å². The average molecular weight is 357 g/mol. The van der Waals surface area contributed by atoms with Crippen molar-refractivity contribution in [2.75, 3.05) is 10.6 Å². The summed E-state index contributed by atoms with van der Waals surface area (Å²) in [6.45, 7) is 3.86. The maximum atomic E-state index is 12.5. The number of carbonyl (C=O) groups excluding carboxylic acids is 2. The molecule has 2 N–H and O–H groups in total. The Labute approximate surface area is 147 Å². The van der Waals surface area contributed by atoms with Crippen molar-refractivity contribution in [3.63, 3.8) is 0 Å². The molecule has 2 aromatic heterocycles. The molecule has 0 spiro atoms. The minimum atomic E-state index is -0.300. The summed E-state index contributed by atoms with van der Waals surface area (Å²) >= 11 is 2.78. The number of aryl methyl sites for hydroxylation is 2. The van der Waals surface area contributed by atoms with Crippen molar-refractivity contribution in [1.29, 1.82) is 0 Å². The van der Waals surface area contributed by atoms with Crippen LogP contribution < -0.4 is 10.6 Å². The summed E-state index contributed by atoms with van der Waals surface area (Å²) in [5, 5.41) is 7.96. The van der Waals surface area contributed by atoms with Crippen LogP contribution in [-0.2, 0) is 0 Å². The number of hydrogen-bond donors (Lipinski definition) is 2. The van der Waals surface area contributed by atoms with Crippen LogP contribution in [-0.4, -0.2) is 16.8 Å². The molecule has 0 aliphatic heterocycles. The molecule has 24 heavy (non-hydrogen) atoms. The third-order valence-corrected chi connectivity index (χ3v) is 5.27. The van der Waals surface area contributed by atoms with Gasteiger partial charge < -0.3 is 5.32 Å². The number of aromatic nitrogens is 1. The smallest absolute Gasteiger partial charge is 0.265 e. The van der Waals surface area contributed by atoms with Gasteiger partial charge in [-0.05, 0) is 37.4 Å². The van der Waals surface area contributed by atoms with Crippen molar-refractivity contribution in [1.82, 2.24) is 4.98 Å². The summed E-state index contributed by atoms with van der Waals surface area (Å²) in [5.74, 6) is -0.531. The summed E-state index contributed by atoms with van der Waals surface area (Å²) < 4.78 is 0. The van der Waals surface area contributed by atoms with E-state index in [0.29, 0.717) is 21.3 Å². The van der Waals surface area contributed by atoms with E-state index in [-0.39, 0.29) is 11.8 Å². The van der Waals surface area contributed by atoms with Crippen LogP contribution >= 0.6 is 22.7 Å². The minimum absolute atomic E-state index is 0.230. The zero-order chi connectivity index (χ0) is 17.1.